The maximum Gasteiger partial charge on any atom is 0.308 e. The van der Waals surface area contributed by atoms with Crippen molar-refractivity contribution in [3.05, 3.63) is 54.0 Å². The third-order valence-electron chi connectivity index (χ3n) is 3.06. The topological polar surface area (TPSA) is 111 Å². The number of allylic oxidation sites excluding steroid dienone is 2. The first-order chi connectivity index (χ1) is 12.2. The summed E-state index contributed by atoms with van der Waals surface area (Å²) in [4.78, 5) is 26.4. The molecule has 9 heteroatoms. The van der Waals surface area contributed by atoms with Crippen molar-refractivity contribution >= 4 is 33.3 Å². The lowest BCUT2D eigenvalue weighted by Crippen LogP contribution is -2.21. The molecule has 0 heterocycles. The third-order valence-corrected chi connectivity index (χ3v) is 4.36. The largest absolute Gasteiger partial charge is 0.491 e. The minimum absolute atomic E-state index is 0.0229. The SMILES string of the molecule is COC1=C(OC(C)=O)/C(=N\S(=O)(=O)c2ccccc2)C=CC1=NC(C)=O. The fraction of sp³-hybridized carbons (Fsp3) is 0.176. The molecule has 0 spiro atoms. The number of nitrogens with zero attached hydrogens (tertiary/aromatic N) is 2. The van der Waals surface area contributed by atoms with Gasteiger partial charge < -0.3 is 9.47 Å². The lowest BCUT2D eigenvalue weighted by molar-refractivity contribution is -0.136. The zero-order valence-electron chi connectivity index (χ0n) is 14.3. The zero-order chi connectivity index (χ0) is 19.3. The number of esters is 1. The molecular weight excluding hydrogens is 360 g/mol. The van der Waals surface area contributed by atoms with Crippen molar-refractivity contribution in [2.45, 2.75) is 18.7 Å². The predicted molar refractivity (Wildman–Crippen MR) is 94.1 cm³/mol. The first-order valence-corrected chi connectivity index (χ1v) is 8.83. The van der Waals surface area contributed by atoms with Crippen molar-refractivity contribution < 1.29 is 27.5 Å². The van der Waals surface area contributed by atoms with E-state index in [-0.39, 0.29) is 27.8 Å². The van der Waals surface area contributed by atoms with Crippen LogP contribution in [-0.2, 0) is 29.1 Å². The molecule has 8 nitrogen and oxygen atoms in total. The van der Waals surface area contributed by atoms with Crippen LogP contribution in [0.15, 0.2) is 68.3 Å². The molecule has 0 saturated carbocycles. The molecule has 0 saturated heterocycles. The molecule has 1 aromatic rings. The van der Waals surface area contributed by atoms with Crippen LogP contribution in [0.4, 0.5) is 0 Å². The first kappa shape index (κ1) is 19.3. The molecule has 0 bridgehead atoms. The number of methoxy groups -OCH3 is 1. The fourth-order valence-corrected chi connectivity index (χ4v) is 3.09. The molecule has 2 rings (SSSR count). The molecular formula is C17H16N2O6S. The highest BCUT2D eigenvalue weighted by Gasteiger charge is 2.27. The number of carbonyl (C=O) groups excluding carboxylic acids is 2. The van der Waals surface area contributed by atoms with Gasteiger partial charge in [0.05, 0.1) is 12.0 Å². The van der Waals surface area contributed by atoms with Gasteiger partial charge in [0.25, 0.3) is 10.0 Å². The van der Waals surface area contributed by atoms with E-state index >= 15 is 0 Å². The maximum absolute atomic E-state index is 12.5. The number of rotatable bonds is 4. The molecule has 0 atom stereocenters. The minimum Gasteiger partial charge on any atom is -0.491 e. The highest BCUT2D eigenvalue weighted by atomic mass is 32.2. The summed E-state index contributed by atoms with van der Waals surface area (Å²) in [6.45, 7) is 2.38. The van der Waals surface area contributed by atoms with Crippen LogP contribution in [0.2, 0.25) is 0 Å². The van der Waals surface area contributed by atoms with Crippen molar-refractivity contribution in [3.63, 3.8) is 0 Å². The number of aliphatic imine (C=N–C) groups is 1. The quantitative estimate of drug-likeness (QED) is 0.585. The molecule has 1 aromatic carbocycles. The Morgan fingerprint density at radius 1 is 0.962 bits per heavy atom. The zero-order valence-corrected chi connectivity index (χ0v) is 15.1. The normalized spacial score (nSPS) is 17.5. The molecule has 0 N–H and O–H groups in total. The molecule has 1 amide bonds. The first-order valence-electron chi connectivity index (χ1n) is 7.39. The molecule has 0 radical (unpaired) electrons. The average molecular weight is 376 g/mol. The van der Waals surface area contributed by atoms with Crippen molar-refractivity contribution in [1.29, 1.82) is 0 Å². The van der Waals surface area contributed by atoms with Crippen LogP contribution in [0, 0.1) is 0 Å². The standard InChI is InChI=1S/C17H16N2O6S/c1-11(20)18-14-9-10-15(17(16(14)24-3)25-12(2)21)19-26(22,23)13-7-5-4-6-8-13/h4-10H,1-3H3/b18-14?,19-15-. The summed E-state index contributed by atoms with van der Waals surface area (Å²) in [7, 11) is -2.78. The van der Waals surface area contributed by atoms with Crippen LogP contribution < -0.4 is 0 Å². The van der Waals surface area contributed by atoms with Gasteiger partial charge in [0.1, 0.15) is 11.4 Å². The van der Waals surface area contributed by atoms with E-state index in [1.807, 2.05) is 0 Å². The van der Waals surface area contributed by atoms with Gasteiger partial charge in [-0.3, -0.25) is 9.59 Å². The smallest absolute Gasteiger partial charge is 0.308 e. The van der Waals surface area contributed by atoms with E-state index in [0.717, 1.165) is 6.92 Å². The van der Waals surface area contributed by atoms with Crippen molar-refractivity contribution in [3.8, 4) is 0 Å². The molecule has 0 fully saturated rings. The average Bonchev–Trinajstić information content (AvgIpc) is 2.57. The van der Waals surface area contributed by atoms with E-state index < -0.39 is 21.9 Å². The van der Waals surface area contributed by atoms with Crippen LogP contribution in [0.3, 0.4) is 0 Å². The van der Waals surface area contributed by atoms with Crippen LogP contribution in [0.1, 0.15) is 13.8 Å². The fourth-order valence-electron chi connectivity index (χ4n) is 2.09. The van der Waals surface area contributed by atoms with Crippen LogP contribution in [-0.4, -0.2) is 38.8 Å². The number of carbonyl (C=O) groups is 2. The van der Waals surface area contributed by atoms with Crippen LogP contribution in [0.5, 0.6) is 0 Å². The Morgan fingerprint density at radius 3 is 2.12 bits per heavy atom. The lowest BCUT2D eigenvalue weighted by atomic mass is 10.1. The molecule has 1 aliphatic carbocycles. The third kappa shape index (κ3) is 4.51. The summed E-state index contributed by atoms with van der Waals surface area (Å²) in [6, 6.07) is 7.57. The summed E-state index contributed by atoms with van der Waals surface area (Å²) < 4.78 is 38.9. The Kier molecular flexibility index (Phi) is 5.83. The van der Waals surface area contributed by atoms with Gasteiger partial charge in [-0.2, -0.15) is 12.8 Å². The van der Waals surface area contributed by atoms with Gasteiger partial charge in [0.2, 0.25) is 11.7 Å². The van der Waals surface area contributed by atoms with E-state index in [1.165, 1.54) is 38.3 Å². The van der Waals surface area contributed by atoms with Crippen molar-refractivity contribution in [2.24, 2.45) is 9.39 Å². The number of hydrogen-bond donors (Lipinski definition) is 0. The lowest BCUT2D eigenvalue weighted by Gasteiger charge is -2.17. The van der Waals surface area contributed by atoms with E-state index in [9.17, 15) is 18.0 Å². The molecule has 0 unspecified atom stereocenters. The second-order valence-electron chi connectivity index (χ2n) is 5.07. The second-order valence-corrected chi connectivity index (χ2v) is 6.67. The molecule has 0 aliphatic heterocycles. The Balaban J connectivity index is 2.62. The second kappa shape index (κ2) is 7.87. The minimum atomic E-state index is -4.05. The number of ether oxygens (including phenoxy) is 2. The summed E-state index contributed by atoms with van der Waals surface area (Å²) in [5.74, 6) is -1.52. The number of sulfonamides is 1. The van der Waals surface area contributed by atoms with Gasteiger partial charge in [0, 0.05) is 13.8 Å². The van der Waals surface area contributed by atoms with E-state index in [0.29, 0.717) is 0 Å². The van der Waals surface area contributed by atoms with Crippen molar-refractivity contribution in [1.82, 2.24) is 0 Å². The Hall–Kier alpha value is -3.07. The van der Waals surface area contributed by atoms with E-state index in [1.54, 1.807) is 18.2 Å². The summed E-state index contributed by atoms with van der Waals surface area (Å²) in [5, 5.41) is 0. The summed E-state index contributed by atoms with van der Waals surface area (Å²) in [6.07, 6.45) is 2.63. The van der Waals surface area contributed by atoms with Gasteiger partial charge in [-0.25, -0.2) is 4.99 Å². The highest BCUT2D eigenvalue weighted by Crippen LogP contribution is 2.22. The molecule has 0 aromatic heterocycles. The van der Waals surface area contributed by atoms with Gasteiger partial charge in [-0.1, -0.05) is 18.2 Å². The van der Waals surface area contributed by atoms with E-state index in [4.69, 9.17) is 9.47 Å². The van der Waals surface area contributed by atoms with Crippen LogP contribution in [0.25, 0.3) is 0 Å². The Labute approximate surface area is 150 Å². The molecule has 136 valence electrons. The number of benzene rings is 1. The number of hydrogen-bond acceptors (Lipinski definition) is 6. The van der Waals surface area contributed by atoms with Crippen LogP contribution >= 0.6 is 0 Å². The van der Waals surface area contributed by atoms with E-state index in [2.05, 4.69) is 9.39 Å². The Morgan fingerprint density at radius 2 is 1.58 bits per heavy atom. The highest BCUT2D eigenvalue weighted by molar-refractivity contribution is 7.90. The monoisotopic (exact) mass is 376 g/mol. The van der Waals surface area contributed by atoms with Gasteiger partial charge in [-0.05, 0) is 24.3 Å². The summed E-state index contributed by atoms with van der Waals surface area (Å²) in [5.41, 5.74) is -0.0595. The van der Waals surface area contributed by atoms with Gasteiger partial charge in [-0.15, -0.1) is 0 Å². The molecule has 26 heavy (non-hydrogen) atoms. The van der Waals surface area contributed by atoms with Gasteiger partial charge >= 0.3 is 5.97 Å². The van der Waals surface area contributed by atoms with Crippen molar-refractivity contribution in [2.75, 3.05) is 7.11 Å². The Bertz CT molecular complexity index is 956. The maximum atomic E-state index is 12.5. The molecule has 1 aliphatic rings. The number of amides is 1. The van der Waals surface area contributed by atoms with Gasteiger partial charge in [0.15, 0.2) is 5.76 Å². The summed E-state index contributed by atoms with van der Waals surface area (Å²) >= 11 is 0. The predicted octanol–water partition coefficient (Wildman–Crippen LogP) is 1.79.